The normalized spacial score (nSPS) is 18.3. The predicted molar refractivity (Wildman–Crippen MR) is 85.1 cm³/mol. The molecule has 0 aliphatic carbocycles. The molecule has 3 rings (SSSR count). The summed E-state index contributed by atoms with van der Waals surface area (Å²) < 4.78 is 6.34. The van der Waals surface area contributed by atoms with E-state index in [0.717, 1.165) is 33.9 Å². The summed E-state index contributed by atoms with van der Waals surface area (Å²) in [5, 5.41) is 6.90. The van der Waals surface area contributed by atoms with Crippen LogP contribution in [0.2, 0.25) is 0 Å². The van der Waals surface area contributed by atoms with Crippen molar-refractivity contribution in [2.45, 2.75) is 32.2 Å². The van der Waals surface area contributed by atoms with Gasteiger partial charge in [-0.2, -0.15) is 0 Å². The number of urea groups is 1. The SMILES string of the molecule is CC(C)c1nc2ccc(NC(=O)N[C@@H]3CCOC3)cc2s1. The van der Waals surface area contributed by atoms with E-state index in [-0.39, 0.29) is 12.1 Å². The first-order chi connectivity index (χ1) is 10.1. The quantitative estimate of drug-likeness (QED) is 0.914. The molecule has 0 unspecified atom stereocenters. The molecule has 1 atom stereocenters. The number of ether oxygens (including phenoxy) is 1. The number of nitrogens with one attached hydrogen (secondary N) is 2. The minimum Gasteiger partial charge on any atom is -0.379 e. The Labute approximate surface area is 127 Å². The van der Waals surface area contributed by atoms with E-state index in [1.165, 1.54) is 0 Å². The van der Waals surface area contributed by atoms with Crippen LogP contribution < -0.4 is 10.6 Å². The lowest BCUT2D eigenvalue weighted by molar-refractivity contribution is 0.189. The molecule has 1 aliphatic rings. The first kappa shape index (κ1) is 14.3. The highest BCUT2D eigenvalue weighted by Crippen LogP contribution is 2.29. The van der Waals surface area contributed by atoms with Gasteiger partial charge in [0.2, 0.25) is 0 Å². The Bertz CT molecular complexity index is 647. The van der Waals surface area contributed by atoms with Crippen LogP contribution in [0.3, 0.4) is 0 Å². The summed E-state index contributed by atoms with van der Waals surface area (Å²) in [6.45, 7) is 5.58. The zero-order valence-corrected chi connectivity index (χ0v) is 13.0. The average molecular weight is 305 g/mol. The van der Waals surface area contributed by atoms with E-state index in [1.54, 1.807) is 11.3 Å². The van der Waals surface area contributed by atoms with E-state index in [4.69, 9.17) is 4.74 Å². The lowest BCUT2D eigenvalue weighted by Crippen LogP contribution is -2.38. The summed E-state index contributed by atoms with van der Waals surface area (Å²) in [4.78, 5) is 16.5. The number of benzene rings is 1. The van der Waals surface area contributed by atoms with Crippen molar-refractivity contribution in [1.82, 2.24) is 10.3 Å². The molecule has 5 nitrogen and oxygen atoms in total. The number of rotatable bonds is 3. The van der Waals surface area contributed by atoms with Gasteiger partial charge in [0.25, 0.3) is 0 Å². The number of nitrogens with zero attached hydrogens (tertiary/aromatic N) is 1. The van der Waals surface area contributed by atoms with Gasteiger partial charge in [0, 0.05) is 18.2 Å². The molecule has 21 heavy (non-hydrogen) atoms. The molecule has 0 saturated carbocycles. The molecule has 2 heterocycles. The molecule has 1 aromatic heterocycles. The smallest absolute Gasteiger partial charge is 0.319 e. The molecule has 0 bridgehead atoms. The molecular weight excluding hydrogens is 286 g/mol. The Morgan fingerprint density at radius 2 is 2.33 bits per heavy atom. The molecule has 6 heteroatoms. The number of thiazole rings is 1. The third kappa shape index (κ3) is 3.33. The van der Waals surface area contributed by atoms with Crippen molar-refractivity contribution in [2.24, 2.45) is 0 Å². The summed E-state index contributed by atoms with van der Waals surface area (Å²) in [6, 6.07) is 5.75. The maximum Gasteiger partial charge on any atom is 0.319 e. The molecule has 1 aromatic carbocycles. The van der Waals surface area contributed by atoms with Gasteiger partial charge in [0.1, 0.15) is 0 Å². The van der Waals surface area contributed by atoms with Gasteiger partial charge in [0.05, 0.1) is 27.9 Å². The predicted octanol–water partition coefficient (Wildman–Crippen LogP) is 3.33. The fraction of sp³-hybridized carbons (Fsp3) is 0.467. The Morgan fingerprint density at radius 3 is 3.05 bits per heavy atom. The Balaban J connectivity index is 1.70. The van der Waals surface area contributed by atoms with Gasteiger partial charge < -0.3 is 15.4 Å². The van der Waals surface area contributed by atoms with E-state index in [9.17, 15) is 4.79 Å². The zero-order chi connectivity index (χ0) is 14.8. The highest BCUT2D eigenvalue weighted by Gasteiger charge is 2.17. The maximum atomic E-state index is 11.9. The van der Waals surface area contributed by atoms with Crippen LogP contribution in [0.4, 0.5) is 10.5 Å². The maximum absolute atomic E-state index is 11.9. The van der Waals surface area contributed by atoms with Crippen LogP contribution in [0.5, 0.6) is 0 Å². The fourth-order valence-electron chi connectivity index (χ4n) is 2.27. The zero-order valence-electron chi connectivity index (χ0n) is 12.2. The van der Waals surface area contributed by atoms with Crippen molar-refractivity contribution in [2.75, 3.05) is 18.5 Å². The molecule has 1 fully saturated rings. The minimum atomic E-state index is -0.182. The van der Waals surface area contributed by atoms with Crippen LogP contribution in [0.1, 0.15) is 31.2 Å². The topological polar surface area (TPSA) is 63.2 Å². The van der Waals surface area contributed by atoms with E-state index in [2.05, 4.69) is 29.5 Å². The van der Waals surface area contributed by atoms with Crippen LogP contribution >= 0.6 is 11.3 Å². The number of anilines is 1. The van der Waals surface area contributed by atoms with Crippen molar-refractivity contribution in [3.8, 4) is 0 Å². The van der Waals surface area contributed by atoms with Crippen molar-refractivity contribution < 1.29 is 9.53 Å². The minimum absolute atomic E-state index is 0.115. The molecular formula is C15H19N3O2S. The number of carbonyl (C=O) groups is 1. The highest BCUT2D eigenvalue weighted by molar-refractivity contribution is 7.18. The first-order valence-electron chi connectivity index (χ1n) is 7.17. The average Bonchev–Trinajstić information content (AvgIpc) is 3.06. The van der Waals surface area contributed by atoms with Crippen molar-refractivity contribution in [3.63, 3.8) is 0 Å². The second-order valence-electron chi connectivity index (χ2n) is 5.55. The number of amides is 2. The number of aromatic nitrogens is 1. The fourth-order valence-corrected chi connectivity index (χ4v) is 3.28. The van der Waals surface area contributed by atoms with Crippen LogP contribution in [-0.4, -0.2) is 30.3 Å². The van der Waals surface area contributed by atoms with Gasteiger partial charge in [-0.15, -0.1) is 11.3 Å². The highest BCUT2D eigenvalue weighted by atomic mass is 32.1. The van der Waals surface area contributed by atoms with Crippen molar-refractivity contribution >= 4 is 33.3 Å². The van der Waals surface area contributed by atoms with Gasteiger partial charge in [-0.3, -0.25) is 0 Å². The van der Waals surface area contributed by atoms with E-state index < -0.39 is 0 Å². The summed E-state index contributed by atoms with van der Waals surface area (Å²) in [7, 11) is 0. The van der Waals surface area contributed by atoms with Crippen LogP contribution in [0, 0.1) is 0 Å². The summed E-state index contributed by atoms with van der Waals surface area (Å²) in [6.07, 6.45) is 0.874. The standard InChI is InChI=1S/C15H19N3O2S/c1-9(2)14-18-12-4-3-10(7-13(12)21-14)16-15(19)17-11-5-6-20-8-11/h3-4,7,9,11H,5-6,8H2,1-2H3,(H2,16,17,19)/t11-/m1/s1. The number of fused-ring (bicyclic) bond motifs is 1. The number of hydrogen-bond acceptors (Lipinski definition) is 4. The summed E-state index contributed by atoms with van der Waals surface area (Å²) in [5.74, 6) is 0.421. The Kier molecular flexibility index (Phi) is 4.07. The third-order valence-electron chi connectivity index (χ3n) is 3.42. The Morgan fingerprint density at radius 1 is 1.48 bits per heavy atom. The molecule has 0 spiro atoms. The third-order valence-corrected chi connectivity index (χ3v) is 4.74. The molecule has 1 aliphatic heterocycles. The molecule has 2 amide bonds. The van der Waals surface area contributed by atoms with E-state index >= 15 is 0 Å². The molecule has 2 aromatic rings. The molecule has 0 radical (unpaired) electrons. The van der Waals surface area contributed by atoms with E-state index in [0.29, 0.717) is 12.5 Å². The van der Waals surface area contributed by atoms with Crippen LogP contribution in [0.15, 0.2) is 18.2 Å². The second kappa shape index (κ2) is 5.99. The van der Waals surface area contributed by atoms with Gasteiger partial charge in [-0.25, -0.2) is 9.78 Å². The van der Waals surface area contributed by atoms with Crippen molar-refractivity contribution in [3.05, 3.63) is 23.2 Å². The van der Waals surface area contributed by atoms with Gasteiger partial charge in [-0.1, -0.05) is 13.8 Å². The second-order valence-corrected chi connectivity index (χ2v) is 6.61. The summed E-state index contributed by atoms with van der Waals surface area (Å²) in [5.41, 5.74) is 1.77. The lowest BCUT2D eigenvalue weighted by Gasteiger charge is -2.11. The van der Waals surface area contributed by atoms with Gasteiger partial charge in [0.15, 0.2) is 0 Å². The molecule has 112 valence electrons. The first-order valence-corrected chi connectivity index (χ1v) is 7.99. The van der Waals surface area contributed by atoms with Gasteiger partial charge >= 0.3 is 6.03 Å². The van der Waals surface area contributed by atoms with Gasteiger partial charge in [-0.05, 0) is 24.6 Å². The number of carbonyl (C=O) groups excluding carboxylic acids is 1. The largest absolute Gasteiger partial charge is 0.379 e. The van der Waals surface area contributed by atoms with Crippen LogP contribution in [-0.2, 0) is 4.74 Å². The van der Waals surface area contributed by atoms with Crippen LogP contribution in [0.25, 0.3) is 10.2 Å². The Hall–Kier alpha value is -1.66. The lowest BCUT2D eigenvalue weighted by atomic mass is 10.2. The monoisotopic (exact) mass is 305 g/mol. The number of hydrogen-bond donors (Lipinski definition) is 2. The van der Waals surface area contributed by atoms with E-state index in [1.807, 2.05) is 18.2 Å². The molecule has 1 saturated heterocycles. The summed E-state index contributed by atoms with van der Waals surface area (Å²) >= 11 is 1.68. The van der Waals surface area contributed by atoms with Crippen molar-refractivity contribution in [1.29, 1.82) is 0 Å². The molecule has 2 N–H and O–H groups in total.